The quantitative estimate of drug-likeness (QED) is 0.602. The molecule has 1 atom stereocenters. The number of thiophene rings is 1. The van der Waals surface area contributed by atoms with E-state index in [0.29, 0.717) is 29.0 Å². The molecule has 6 nitrogen and oxygen atoms in total. The van der Waals surface area contributed by atoms with Crippen LogP contribution in [-0.2, 0) is 11.3 Å². The minimum atomic E-state index is -0.00421. The van der Waals surface area contributed by atoms with Gasteiger partial charge in [-0.25, -0.2) is 0 Å². The fourth-order valence-corrected chi connectivity index (χ4v) is 4.17. The summed E-state index contributed by atoms with van der Waals surface area (Å²) < 4.78 is 7.35. The first-order valence-corrected chi connectivity index (χ1v) is 10.0. The number of furan rings is 1. The van der Waals surface area contributed by atoms with Gasteiger partial charge in [0.2, 0.25) is 5.91 Å². The van der Waals surface area contributed by atoms with Crippen LogP contribution in [0.3, 0.4) is 0 Å². The molecule has 8 heteroatoms. The summed E-state index contributed by atoms with van der Waals surface area (Å²) in [5, 5.41) is 14.2. The minimum absolute atomic E-state index is 0.00421. The lowest BCUT2D eigenvalue weighted by Crippen LogP contribution is -2.29. The Labute approximate surface area is 154 Å². The predicted molar refractivity (Wildman–Crippen MR) is 99.6 cm³/mol. The average Bonchev–Trinajstić information content (AvgIpc) is 3.38. The van der Waals surface area contributed by atoms with Gasteiger partial charge in [0.05, 0.1) is 18.1 Å². The molecule has 0 aliphatic rings. The third-order valence-electron chi connectivity index (χ3n) is 3.74. The molecule has 3 aromatic rings. The van der Waals surface area contributed by atoms with Crippen LogP contribution in [-0.4, -0.2) is 26.4 Å². The average molecular weight is 377 g/mol. The van der Waals surface area contributed by atoms with E-state index in [9.17, 15) is 4.79 Å². The van der Waals surface area contributed by atoms with Crippen LogP contribution in [0, 0.1) is 0 Å². The number of hydrogen-bond acceptors (Lipinski definition) is 6. The molecular formula is C17H20N4O2S2. The van der Waals surface area contributed by atoms with Crippen molar-refractivity contribution in [1.29, 1.82) is 0 Å². The predicted octanol–water partition coefficient (Wildman–Crippen LogP) is 3.98. The molecule has 0 spiro atoms. The zero-order chi connectivity index (χ0) is 17.6. The Hall–Kier alpha value is -2.06. The Morgan fingerprint density at radius 2 is 2.24 bits per heavy atom. The molecule has 0 aliphatic heterocycles. The Kier molecular flexibility index (Phi) is 5.93. The van der Waals surface area contributed by atoms with Crippen molar-refractivity contribution in [3.05, 3.63) is 40.8 Å². The minimum Gasteiger partial charge on any atom is -0.461 e. The van der Waals surface area contributed by atoms with E-state index in [1.54, 1.807) is 17.6 Å². The van der Waals surface area contributed by atoms with Crippen LogP contribution in [0.2, 0.25) is 0 Å². The van der Waals surface area contributed by atoms with Gasteiger partial charge < -0.3 is 9.73 Å². The normalized spacial score (nSPS) is 12.2. The molecule has 1 unspecified atom stereocenters. The molecule has 0 bridgehead atoms. The fourth-order valence-electron chi connectivity index (χ4n) is 2.50. The molecule has 0 saturated heterocycles. The summed E-state index contributed by atoms with van der Waals surface area (Å²) in [5.74, 6) is 1.66. The molecule has 25 heavy (non-hydrogen) atoms. The SMILES string of the molecule is CCC(NC(=O)CSc1nnc(-c2ccco2)n1CC)c1cccs1. The first-order valence-electron chi connectivity index (χ1n) is 8.15. The summed E-state index contributed by atoms with van der Waals surface area (Å²) >= 11 is 3.05. The van der Waals surface area contributed by atoms with Gasteiger partial charge in [-0.05, 0) is 36.9 Å². The summed E-state index contributed by atoms with van der Waals surface area (Å²) in [6.07, 6.45) is 2.48. The highest BCUT2D eigenvalue weighted by molar-refractivity contribution is 7.99. The molecular weight excluding hydrogens is 356 g/mol. The summed E-state index contributed by atoms with van der Waals surface area (Å²) in [4.78, 5) is 13.5. The van der Waals surface area contributed by atoms with Crippen LogP contribution in [0.4, 0.5) is 0 Å². The van der Waals surface area contributed by atoms with E-state index < -0.39 is 0 Å². The summed E-state index contributed by atoms with van der Waals surface area (Å²) in [7, 11) is 0. The molecule has 3 aromatic heterocycles. The van der Waals surface area contributed by atoms with E-state index in [1.165, 1.54) is 16.6 Å². The van der Waals surface area contributed by atoms with Crippen molar-refractivity contribution in [3.8, 4) is 11.6 Å². The van der Waals surface area contributed by atoms with Crippen LogP contribution < -0.4 is 5.32 Å². The smallest absolute Gasteiger partial charge is 0.230 e. The van der Waals surface area contributed by atoms with Crippen molar-refractivity contribution in [2.24, 2.45) is 0 Å². The Bertz CT molecular complexity index is 797. The number of nitrogens with one attached hydrogen (secondary N) is 1. The Balaban J connectivity index is 1.62. The first-order chi connectivity index (χ1) is 12.2. The molecule has 0 aromatic carbocycles. The second kappa shape index (κ2) is 8.35. The lowest BCUT2D eigenvalue weighted by molar-refractivity contribution is -0.119. The summed E-state index contributed by atoms with van der Waals surface area (Å²) in [6, 6.07) is 7.79. The van der Waals surface area contributed by atoms with E-state index in [4.69, 9.17) is 4.42 Å². The van der Waals surface area contributed by atoms with Gasteiger partial charge in [0.1, 0.15) is 0 Å². The summed E-state index contributed by atoms with van der Waals surface area (Å²) in [6.45, 7) is 4.80. The van der Waals surface area contributed by atoms with Gasteiger partial charge in [0.15, 0.2) is 16.7 Å². The van der Waals surface area contributed by atoms with E-state index in [0.717, 1.165) is 6.42 Å². The van der Waals surface area contributed by atoms with Crippen LogP contribution in [0.25, 0.3) is 11.6 Å². The third-order valence-corrected chi connectivity index (χ3v) is 5.69. The molecule has 0 radical (unpaired) electrons. The van der Waals surface area contributed by atoms with Gasteiger partial charge in [-0.2, -0.15) is 0 Å². The lowest BCUT2D eigenvalue weighted by Gasteiger charge is -2.15. The van der Waals surface area contributed by atoms with Gasteiger partial charge in [-0.15, -0.1) is 21.5 Å². The number of carbonyl (C=O) groups excluding carboxylic acids is 1. The Morgan fingerprint density at radius 3 is 2.88 bits per heavy atom. The van der Waals surface area contributed by atoms with Crippen LogP contribution >= 0.6 is 23.1 Å². The van der Waals surface area contributed by atoms with E-state index in [-0.39, 0.29) is 11.9 Å². The maximum absolute atomic E-state index is 12.3. The summed E-state index contributed by atoms with van der Waals surface area (Å²) in [5.41, 5.74) is 0. The number of thioether (sulfide) groups is 1. The van der Waals surface area contributed by atoms with Crippen LogP contribution in [0.5, 0.6) is 0 Å². The van der Waals surface area contributed by atoms with Crippen LogP contribution in [0.15, 0.2) is 45.5 Å². The van der Waals surface area contributed by atoms with Gasteiger partial charge in [0.25, 0.3) is 0 Å². The lowest BCUT2D eigenvalue weighted by atomic mass is 10.2. The number of hydrogen-bond donors (Lipinski definition) is 1. The topological polar surface area (TPSA) is 73.0 Å². The molecule has 0 saturated carbocycles. The molecule has 3 heterocycles. The van der Waals surface area contributed by atoms with Crippen molar-refractivity contribution < 1.29 is 9.21 Å². The third kappa shape index (κ3) is 4.13. The second-order valence-corrected chi connectivity index (χ2v) is 7.28. The largest absolute Gasteiger partial charge is 0.461 e. The number of aromatic nitrogens is 3. The number of carbonyl (C=O) groups is 1. The molecule has 0 aliphatic carbocycles. The first kappa shape index (κ1) is 17.8. The maximum Gasteiger partial charge on any atom is 0.230 e. The number of rotatable bonds is 8. The monoisotopic (exact) mass is 376 g/mol. The van der Waals surface area contributed by atoms with E-state index >= 15 is 0 Å². The van der Waals surface area contributed by atoms with Crippen molar-refractivity contribution in [1.82, 2.24) is 20.1 Å². The van der Waals surface area contributed by atoms with Gasteiger partial charge >= 0.3 is 0 Å². The zero-order valence-electron chi connectivity index (χ0n) is 14.1. The van der Waals surface area contributed by atoms with E-state index in [1.807, 2.05) is 35.1 Å². The van der Waals surface area contributed by atoms with Gasteiger partial charge in [0, 0.05) is 11.4 Å². The van der Waals surface area contributed by atoms with Gasteiger partial charge in [-0.3, -0.25) is 9.36 Å². The van der Waals surface area contributed by atoms with Crippen molar-refractivity contribution in [2.45, 2.75) is 38.0 Å². The highest BCUT2D eigenvalue weighted by Crippen LogP contribution is 2.25. The maximum atomic E-state index is 12.3. The highest BCUT2D eigenvalue weighted by atomic mass is 32.2. The molecule has 1 N–H and O–H groups in total. The Morgan fingerprint density at radius 1 is 1.36 bits per heavy atom. The van der Waals surface area contributed by atoms with Crippen LogP contribution in [0.1, 0.15) is 31.2 Å². The highest BCUT2D eigenvalue weighted by Gasteiger charge is 2.18. The zero-order valence-corrected chi connectivity index (χ0v) is 15.8. The number of nitrogens with zero attached hydrogens (tertiary/aromatic N) is 3. The van der Waals surface area contributed by atoms with E-state index in [2.05, 4.69) is 28.5 Å². The van der Waals surface area contributed by atoms with Crippen molar-refractivity contribution in [3.63, 3.8) is 0 Å². The fraction of sp³-hybridized carbons (Fsp3) is 0.353. The van der Waals surface area contributed by atoms with Gasteiger partial charge in [-0.1, -0.05) is 24.8 Å². The standard InChI is InChI=1S/C17H20N4O2S2/c1-3-12(14-8-6-10-24-14)18-15(22)11-25-17-20-19-16(21(17)4-2)13-7-5-9-23-13/h5-10,12H,3-4,11H2,1-2H3,(H,18,22). The van der Waals surface area contributed by atoms with Crippen molar-refractivity contribution >= 4 is 29.0 Å². The van der Waals surface area contributed by atoms with Crippen molar-refractivity contribution in [2.75, 3.05) is 5.75 Å². The molecule has 1 amide bonds. The number of amides is 1. The molecule has 132 valence electrons. The second-order valence-electron chi connectivity index (χ2n) is 5.36. The molecule has 3 rings (SSSR count). The molecule has 0 fully saturated rings.